The molecule has 0 aliphatic carbocycles. The first-order valence-corrected chi connectivity index (χ1v) is 12.7. The van der Waals surface area contributed by atoms with E-state index in [1.165, 1.54) is 0 Å². The van der Waals surface area contributed by atoms with Crippen LogP contribution in [0.3, 0.4) is 0 Å². The van der Waals surface area contributed by atoms with E-state index < -0.39 is 0 Å². The number of amides is 1. The van der Waals surface area contributed by atoms with E-state index in [-0.39, 0.29) is 11.3 Å². The third-order valence-electron chi connectivity index (χ3n) is 6.49. The van der Waals surface area contributed by atoms with E-state index in [1.54, 1.807) is 32.9 Å². The van der Waals surface area contributed by atoms with Gasteiger partial charge >= 0.3 is 0 Å². The van der Waals surface area contributed by atoms with Crippen LogP contribution >= 0.6 is 11.8 Å². The van der Waals surface area contributed by atoms with Crippen molar-refractivity contribution in [2.75, 3.05) is 27.3 Å². The molecule has 1 amide bonds. The lowest BCUT2D eigenvalue weighted by molar-refractivity contribution is -0.130. The maximum atomic E-state index is 11.7. The number of likely N-dealkylation sites (tertiary alicyclic amines) is 1. The maximum absolute atomic E-state index is 11.7. The molecule has 4 rings (SSSR count). The van der Waals surface area contributed by atoms with Crippen LogP contribution < -0.4 is 9.47 Å². The molecule has 0 unspecified atom stereocenters. The van der Waals surface area contributed by atoms with E-state index in [9.17, 15) is 4.79 Å². The Morgan fingerprint density at radius 2 is 1.74 bits per heavy atom. The zero-order chi connectivity index (χ0) is 24.5. The number of hydrogen-bond acceptors (Lipinski definition) is 5. The quantitative estimate of drug-likeness (QED) is 0.448. The van der Waals surface area contributed by atoms with Gasteiger partial charge in [0.15, 0.2) is 0 Å². The highest BCUT2D eigenvalue weighted by Crippen LogP contribution is 2.42. The molecule has 34 heavy (non-hydrogen) atoms. The number of methoxy groups -OCH3 is 2. The summed E-state index contributed by atoms with van der Waals surface area (Å²) in [5.74, 6) is 3.41. The molecule has 1 fully saturated rings. The molecule has 2 aromatic carbocycles. The lowest BCUT2D eigenvalue weighted by Crippen LogP contribution is -2.38. The molecule has 0 radical (unpaired) electrons. The zero-order valence-electron chi connectivity index (χ0n) is 21.1. The summed E-state index contributed by atoms with van der Waals surface area (Å²) in [6.07, 6.45) is 2.06. The second kappa shape index (κ2) is 9.90. The molecule has 2 heterocycles. The molecule has 3 aromatic rings. The van der Waals surface area contributed by atoms with Gasteiger partial charge in [-0.1, -0.05) is 38.6 Å². The Labute approximate surface area is 206 Å². The molecular formula is C27H35N3O3S. The van der Waals surface area contributed by atoms with E-state index >= 15 is 0 Å². The molecular weight excluding hydrogens is 446 g/mol. The minimum absolute atomic E-state index is 0.0711. The highest BCUT2D eigenvalue weighted by atomic mass is 32.2. The lowest BCUT2D eigenvalue weighted by atomic mass is 9.93. The minimum atomic E-state index is -0.0711. The summed E-state index contributed by atoms with van der Waals surface area (Å²) in [5.41, 5.74) is 2.10. The van der Waals surface area contributed by atoms with Crippen molar-refractivity contribution in [1.82, 2.24) is 14.5 Å². The fourth-order valence-electron chi connectivity index (χ4n) is 4.65. The second-order valence-corrected chi connectivity index (χ2v) is 11.1. The van der Waals surface area contributed by atoms with Crippen LogP contribution in [-0.2, 0) is 16.8 Å². The third-order valence-corrected chi connectivity index (χ3v) is 7.59. The highest BCUT2D eigenvalue weighted by Gasteiger charge is 2.27. The fourth-order valence-corrected chi connectivity index (χ4v) is 5.70. The average molecular weight is 482 g/mol. The molecule has 1 aromatic heterocycles. The number of nitrogens with zero attached hydrogens (tertiary/aromatic N) is 3. The minimum Gasteiger partial charge on any atom is -0.495 e. The summed E-state index contributed by atoms with van der Waals surface area (Å²) < 4.78 is 13.6. The Kier molecular flexibility index (Phi) is 7.12. The number of fused-ring (bicyclic) bond motifs is 1. The van der Waals surface area contributed by atoms with Crippen molar-refractivity contribution in [1.29, 1.82) is 0 Å². The molecule has 0 spiro atoms. The van der Waals surface area contributed by atoms with Crippen LogP contribution in [-0.4, -0.2) is 47.7 Å². The number of ether oxygens (including phenoxy) is 2. The van der Waals surface area contributed by atoms with Gasteiger partial charge in [0.25, 0.3) is 0 Å². The molecule has 0 N–H and O–H groups in total. The van der Waals surface area contributed by atoms with Crippen molar-refractivity contribution in [2.24, 2.45) is 5.92 Å². The van der Waals surface area contributed by atoms with Crippen molar-refractivity contribution in [3.63, 3.8) is 0 Å². The molecule has 0 saturated carbocycles. The van der Waals surface area contributed by atoms with Gasteiger partial charge in [0.1, 0.15) is 17.3 Å². The SMILES string of the molecule is COc1cccc(OC)c1Sc1ccc2c(c1)nc(C(C)(C)C)n2CC1CCN(C(C)=O)CC1. The van der Waals surface area contributed by atoms with Crippen LogP contribution in [0.5, 0.6) is 11.5 Å². The molecule has 0 bridgehead atoms. The predicted molar refractivity (Wildman–Crippen MR) is 137 cm³/mol. The van der Waals surface area contributed by atoms with E-state index in [2.05, 4.69) is 43.5 Å². The standard InChI is InChI=1S/C27H35N3O3S/c1-18(31)29-14-12-19(13-15-29)17-30-22-11-10-20(16-21(22)28-26(30)27(2,3)4)34-25-23(32-5)8-7-9-24(25)33-6/h7-11,16,19H,12-15,17H2,1-6H3. The monoisotopic (exact) mass is 481 g/mol. The van der Waals surface area contributed by atoms with Crippen LogP contribution in [0, 0.1) is 5.92 Å². The molecule has 7 heteroatoms. The van der Waals surface area contributed by atoms with Gasteiger partial charge in [0.05, 0.1) is 30.1 Å². The first-order valence-electron chi connectivity index (χ1n) is 11.9. The number of hydrogen-bond donors (Lipinski definition) is 0. The molecule has 1 saturated heterocycles. The van der Waals surface area contributed by atoms with E-state index in [4.69, 9.17) is 14.5 Å². The van der Waals surface area contributed by atoms with Gasteiger partial charge in [-0.2, -0.15) is 0 Å². The van der Waals surface area contributed by atoms with E-state index in [0.29, 0.717) is 5.92 Å². The van der Waals surface area contributed by atoms with Gasteiger partial charge in [0, 0.05) is 36.9 Å². The summed E-state index contributed by atoms with van der Waals surface area (Å²) in [6, 6.07) is 12.3. The Morgan fingerprint density at radius 3 is 2.29 bits per heavy atom. The Bertz CT molecular complexity index is 1150. The summed E-state index contributed by atoms with van der Waals surface area (Å²) in [6.45, 7) is 11.0. The largest absolute Gasteiger partial charge is 0.495 e. The van der Waals surface area contributed by atoms with Crippen molar-refractivity contribution in [3.8, 4) is 11.5 Å². The van der Waals surface area contributed by atoms with Gasteiger partial charge in [-0.3, -0.25) is 4.79 Å². The van der Waals surface area contributed by atoms with Gasteiger partial charge < -0.3 is 18.9 Å². The van der Waals surface area contributed by atoms with Crippen molar-refractivity contribution >= 4 is 28.7 Å². The van der Waals surface area contributed by atoms with Crippen LogP contribution in [0.4, 0.5) is 0 Å². The van der Waals surface area contributed by atoms with E-state index in [1.807, 2.05) is 23.1 Å². The van der Waals surface area contributed by atoms with Gasteiger partial charge in [-0.15, -0.1) is 0 Å². The van der Waals surface area contributed by atoms with E-state index in [0.717, 1.165) is 70.6 Å². The molecule has 6 nitrogen and oxygen atoms in total. The average Bonchev–Trinajstić information content (AvgIpc) is 3.17. The van der Waals surface area contributed by atoms with Gasteiger partial charge in [-0.05, 0) is 49.1 Å². The van der Waals surface area contributed by atoms with Crippen LogP contribution in [0.2, 0.25) is 0 Å². The maximum Gasteiger partial charge on any atom is 0.219 e. The molecule has 1 aliphatic rings. The Balaban J connectivity index is 1.65. The number of aromatic nitrogens is 2. The number of piperidine rings is 1. The Morgan fingerprint density at radius 1 is 1.09 bits per heavy atom. The van der Waals surface area contributed by atoms with Gasteiger partial charge in [0.2, 0.25) is 5.91 Å². The summed E-state index contributed by atoms with van der Waals surface area (Å²) >= 11 is 1.63. The highest BCUT2D eigenvalue weighted by molar-refractivity contribution is 7.99. The number of benzene rings is 2. The molecule has 1 aliphatic heterocycles. The third kappa shape index (κ3) is 5.04. The molecule has 182 valence electrons. The Hall–Kier alpha value is -2.67. The summed E-state index contributed by atoms with van der Waals surface area (Å²) in [7, 11) is 3.36. The normalized spacial score (nSPS) is 15.1. The van der Waals surface area contributed by atoms with Crippen LogP contribution in [0.15, 0.2) is 46.2 Å². The van der Waals surface area contributed by atoms with Gasteiger partial charge in [-0.25, -0.2) is 4.98 Å². The smallest absolute Gasteiger partial charge is 0.219 e. The van der Waals surface area contributed by atoms with Crippen molar-refractivity contribution in [3.05, 3.63) is 42.2 Å². The van der Waals surface area contributed by atoms with Crippen LogP contribution in [0.1, 0.15) is 46.4 Å². The number of carbonyl (C=O) groups excluding carboxylic acids is 1. The van der Waals surface area contributed by atoms with Crippen molar-refractivity contribution < 1.29 is 14.3 Å². The second-order valence-electron chi connectivity index (χ2n) is 9.99. The number of rotatable bonds is 6. The first kappa shape index (κ1) is 24.5. The number of imidazole rings is 1. The van der Waals surface area contributed by atoms with Crippen molar-refractivity contribution in [2.45, 2.75) is 62.3 Å². The topological polar surface area (TPSA) is 56.6 Å². The predicted octanol–water partition coefficient (Wildman–Crippen LogP) is 5.76. The molecule has 0 atom stereocenters. The van der Waals surface area contributed by atoms with Crippen LogP contribution in [0.25, 0.3) is 11.0 Å². The number of carbonyl (C=O) groups is 1. The first-order chi connectivity index (χ1) is 16.2. The zero-order valence-corrected chi connectivity index (χ0v) is 21.9. The summed E-state index contributed by atoms with van der Waals surface area (Å²) in [4.78, 5) is 20.8. The lowest BCUT2D eigenvalue weighted by Gasteiger charge is -2.32. The fraction of sp³-hybridized carbons (Fsp3) is 0.481. The summed E-state index contributed by atoms with van der Waals surface area (Å²) in [5, 5.41) is 0.